The van der Waals surface area contributed by atoms with E-state index >= 15 is 0 Å². The van der Waals surface area contributed by atoms with Crippen molar-refractivity contribution in [3.8, 4) is 11.3 Å². The summed E-state index contributed by atoms with van der Waals surface area (Å²) in [7, 11) is 0. The summed E-state index contributed by atoms with van der Waals surface area (Å²) in [6.07, 6.45) is 3.74. The number of halogens is 1. The van der Waals surface area contributed by atoms with Crippen LogP contribution in [0.25, 0.3) is 22.2 Å². The molecule has 0 amide bonds. The molecular formula is C24H28ClN3. The lowest BCUT2D eigenvalue weighted by Gasteiger charge is -2.32. The number of para-hydroxylation sites is 1. The molecule has 0 atom stereocenters. The zero-order valence-electron chi connectivity index (χ0n) is 16.9. The van der Waals surface area contributed by atoms with E-state index in [1.54, 1.807) is 0 Å². The van der Waals surface area contributed by atoms with Crippen LogP contribution in [0.4, 0.5) is 0 Å². The first-order valence-electron chi connectivity index (χ1n) is 10.1. The van der Waals surface area contributed by atoms with Gasteiger partial charge in [0.05, 0.1) is 16.8 Å². The minimum absolute atomic E-state index is 0.156. The highest BCUT2D eigenvalue weighted by molar-refractivity contribution is 6.31. The normalized spacial score (nSPS) is 16.0. The quantitative estimate of drug-likeness (QED) is 0.390. The Morgan fingerprint density at radius 2 is 1.75 bits per heavy atom. The number of fused-ring (bicyclic) bond motifs is 1. The maximum atomic E-state index is 6.33. The van der Waals surface area contributed by atoms with E-state index in [4.69, 9.17) is 16.6 Å². The van der Waals surface area contributed by atoms with Crippen molar-refractivity contribution >= 4 is 28.3 Å². The molecule has 3 aromatic rings. The van der Waals surface area contributed by atoms with E-state index in [1.807, 2.05) is 18.2 Å². The second kappa shape index (κ2) is 7.63. The molecule has 0 unspecified atom stereocenters. The zero-order chi connectivity index (χ0) is 19.7. The molecule has 1 aromatic heterocycles. The number of hydrogen-bond acceptors (Lipinski definition) is 1. The minimum atomic E-state index is -0.156. The fourth-order valence-electron chi connectivity index (χ4n) is 3.94. The monoisotopic (exact) mass is 393 g/mol. The van der Waals surface area contributed by atoms with Gasteiger partial charge in [0.15, 0.2) is 0 Å². The van der Waals surface area contributed by atoms with Gasteiger partial charge in [0.1, 0.15) is 5.84 Å². The van der Waals surface area contributed by atoms with Crippen molar-refractivity contribution in [2.45, 2.75) is 45.6 Å². The summed E-state index contributed by atoms with van der Waals surface area (Å²) in [6.45, 7) is 8.63. The number of likely N-dealkylation sites (tertiary alicyclic amines) is 1. The van der Waals surface area contributed by atoms with Crippen LogP contribution in [0, 0.1) is 0 Å². The highest BCUT2D eigenvalue weighted by atomic mass is 35.5. The third-order valence-electron chi connectivity index (χ3n) is 5.14. The van der Waals surface area contributed by atoms with Crippen LogP contribution in [0.2, 0.25) is 5.02 Å². The second-order valence-corrected chi connectivity index (χ2v) is 9.02. The van der Waals surface area contributed by atoms with Gasteiger partial charge in [0, 0.05) is 34.6 Å². The summed E-state index contributed by atoms with van der Waals surface area (Å²) >= 11 is 6.33. The Balaban J connectivity index is 1.98. The Kier molecular flexibility index (Phi) is 5.20. The van der Waals surface area contributed by atoms with Crippen molar-refractivity contribution in [3.05, 3.63) is 59.1 Å². The first-order chi connectivity index (χ1) is 13.4. The molecule has 1 aliphatic rings. The van der Waals surface area contributed by atoms with E-state index < -0.39 is 0 Å². The molecule has 1 N–H and O–H groups in total. The molecule has 4 heteroatoms. The summed E-state index contributed by atoms with van der Waals surface area (Å²) < 4.78 is 0. The van der Waals surface area contributed by atoms with Crippen LogP contribution >= 0.6 is 11.6 Å². The summed E-state index contributed by atoms with van der Waals surface area (Å²) in [5.74, 6) is 1.10. The number of hydrogen-bond donors (Lipinski definition) is 1. The number of H-pyrrole nitrogens is 1. The van der Waals surface area contributed by atoms with E-state index in [-0.39, 0.29) is 5.54 Å². The minimum Gasteiger partial charge on any atom is -0.356 e. The number of aromatic amines is 1. The fourth-order valence-corrected chi connectivity index (χ4v) is 4.13. The van der Waals surface area contributed by atoms with E-state index in [9.17, 15) is 0 Å². The first-order valence-corrected chi connectivity index (χ1v) is 10.5. The molecule has 28 heavy (non-hydrogen) atoms. The number of piperidine rings is 1. The molecule has 3 nitrogen and oxygen atoms in total. The molecule has 1 saturated heterocycles. The molecule has 0 saturated carbocycles. The van der Waals surface area contributed by atoms with Crippen LogP contribution in [-0.4, -0.2) is 34.3 Å². The maximum absolute atomic E-state index is 6.33. The number of benzene rings is 2. The standard InChI is InChI=1S/C24H28ClN3/c1-24(2,3)27-23(28-14-7-4-8-15-28)21-19-12-5-6-13-20(19)26-22(21)17-10-9-11-18(25)16-17/h5-6,9-13,16,26H,4,7-8,14-15H2,1-3H3. The van der Waals surface area contributed by atoms with Crippen molar-refractivity contribution in [3.63, 3.8) is 0 Å². The SMILES string of the molecule is CC(C)(C)N=C(c1c(-c2cccc(Cl)c2)[nH]c2ccccc12)N1CCCCC1. The Labute approximate surface area is 172 Å². The predicted molar refractivity (Wildman–Crippen MR) is 120 cm³/mol. The third-order valence-corrected chi connectivity index (χ3v) is 5.37. The van der Waals surface area contributed by atoms with Gasteiger partial charge in [-0.05, 0) is 58.2 Å². The topological polar surface area (TPSA) is 31.4 Å². The molecule has 0 aliphatic carbocycles. The van der Waals surface area contributed by atoms with Crippen LogP contribution < -0.4 is 0 Å². The lowest BCUT2D eigenvalue weighted by atomic mass is 10.0. The maximum Gasteiger partial charge on any atom is 0.134 e. The number of aliphatic imine (C=N–C) groups is 1. The van der Waals surface area contributed by atoms with E-state index in [0.717, 1.165) is 40.7 Å². The lowest BCUT2D eigenvalue weighted by Crippen LogP contribution is -2.38. The van der Waals surface area contributed by atoms with Gasteiger partial charge in [-0.3, -0.25) is 4.99 Å². The second-order valence-electron chi connectivity index (χ2n) is 8.58. The molecule has 146 valence electrons. The van der Waals surface area contributed by atoms with Gasteiger partial charge >= 0.3 is 0 Å². The molecule has 1 aliphatic heterocycles. The van der Waals surface area contributed by atoms with E-state index in [2.05, 4.69) is 61.0 Å². The predicted octanol–water partition coefficient (Wildman–Crippen LogP) is 6.52. The van der Waals surface area contributed by atoms with Crippen LogP contribution in [0.1, 0.15) is 45.6 Å². The highest BCUT2D eigenvalue weighted by Gasteiger charge is 2.25. The lowest BCUT2D eigenvalue weighted by molar-refractivity contribution is 0.339. The van der Waals surface area contributed by atoms with Crippen LogP contribution in [0.5, 0.6) is 0 Å². The molecule has 0 bridgehead atoms. The van der Waals surface area contributed by atoms with Gasteiger partial charge in [-0.25, -0.2) is 0 Å². The number of rotatable bonds is 2. The van der Waals surface area contributed by atoms with Gasteiger partial charge < -0.3 is 9.88 Å². The Morgan fingerprint density at radius 1 is 1.00 bits per heavy atom. The Hall–Kier alpha value is -2.26. The van der Waals surface area contributed by atoms with Gasteiger partial charge in [0.25, 0.3) is 0 Å². The van der Waals surface area contributed by atoms with E-state index in [0.29, 0.717) is 0 Å². The van der Waals surface area contributed by atoms with Crippen molar-refractivity contribution in [1.29, 1.82) is 0 Å². The molecular weight excluding hydrogens is 366 g/mol. The van der Waals surface area contributed by atoms with E-state index in [1.165, 1.54) is 30.2 Å². The molecule has 2 heterocycles. The number of aromatic nitrogens is 1. The summed E-state index contributed by atoms with van der Waals surface area (Å²) in [4.78, 5) is 11.3. The molecule has 0 radical (unpaired) electrons. The van der Waals surface area contributed by atoms with Crippen LogP contribution in [-0.2, 0) is 0 Å². The molecule has 0 spiro atoms. The van der Waals surface area contributed by atoms with Crippen molar-refractivity contribution < 1.29 is 0 Å². The van der Waals surface area contributed by atoms with Crippen LogP contribution in [0.3, 0.4) is 0 Å². The van der Waals surface area contributed by atoms with Gasteiger partial charge in [0.2, 0.25) is 0 Å². The van der Waals surface area contributed by atoms with Crippen molar-refractivity contribution in [2.24, 2.45) is 4.99 Å². The summed E-state index contributed by atoms with van der Waals surface area (Å²) in [5, 5.41) is 1.96. The summed E-state index contributed by atoms with van der Waals surface area (Å²) in [5.41, 5.74) is 4.35. The third kappa shape index (κ3) is 3.95. The van der Waals surface area contributed by atoms with Gasteiger partial charge in [-0.2, -0.15) is 0 Å². The number of nitrogens with one attached hydrogen (secondary N) is 1. The van der Waals surface area contributed by atoms with Crippen molar-refractivity contribution in [2.75, 3.05) is 13.1 Å². The number of amidine groups is 1. The molecule has 1 fully saturated rings. The van der Waals surface area contributed by atoms with Gasteiger partial charge in [-0.1, -0.05) is 41.9 Å². The highest BCUT2D eigenvalue weighted by Crippen LogP contribution is 2.34. The average Bonchev–Trinajstić information content (AvgIpc) is 3.05. The van der Waals surface area contributed by atoms with Crippen molar-refractivity contribution in [1.82, 2.24) is 9.88 Å². The summed E-state index contributed by atoms with van der Waals surface area (Å²) in [6, 6.07) is 16.6. The molecule has 4 rings (SSSR count). The zero-order valence-corrected chi connectivity index (χ0v) is 17.7. The largest absolute Gasteiger partial charge is 0.356 e. The van der Waals surface area contributed by atoms with Gasteiger partial charge in [-0.15, -0.1) is 0 Å². The Morgan fingerprint density at radius 3 is 2.46 bits per heavy atom. The molecule has 2 aromatic carbocycles. The smallest absolute Gasteiger partial charge is 0.134 e. The fraction of sp³-hybridized carbons (Fsp3) is 0.375. The average molecular weight is 394 g/mol. The Bertz CT molecular complexity index is 1000. The number of nitrogens with zero attached hydrogens (tertiary/aromatic N) is 2. The first kappa shape index (κ1) is 19.1. The van der Waals surface area contributed by atoms with Crippen LogP contribution in [0.15, 0.2) is 53.5 Å².